The third-order valence-electron chi connectivity index (χ3n) is 3.21. The minimum Gasteiger partial charge on any atom is -0.493 e. The molecule has 6 nitrogen and oxygen atoms in total. The first-order chi connectivity index (χ1) is 10.6. The molecule has 2 rings (SSSR count). The first-order valence-corrected chi connectivity index (χ1v) is 7.26. The van der Waals surface area contributed by atoms with Crippen molar-refractivity contribution in [3.05, 3.63) is 29.5 Å². The van der Waals surface area contributed by atoms with Crippen molar-refractivity contribution in [3.63, 3.8) is 0 Å². The van der Waals surface area contributed by atoms with Gasteiger partial charge in [-0.3, -0.25) is 9.69 Å². The van der Waals surface area contributed by atoms with Gasteiger partial charge in [0.1, 0.15) is 5.70 Å². The number of hydrogen-bond acceptors (Lipinski definition) is 4. The van der Waals surface area contributed by atoms with Crippen LogP contribution in [0.15, 0.2) is 23.9 Å². The number of ether oxygens (including phenoxy) is 2. The summed E-state index contributed by atoms with van der Waals surface area (Å²) in [7, 11) is 1.57. The number of hydrogen-bond donors (Lipinski definition) is 1. The molecule has 6 heteroatoms. The van der Waals surface area contributed by atoms with Gasteiger partial charge in [0.25, 0.3) is 5.91 Å². The maximum absolute atomic E-state index is 12.2. The number of nitrogens with zero attached hydrogens (tertiary/aromatic N) is 1. The number of nitrogens with one attached hydrogen (secondary N) is 1. The predicted octanol–water partition coefficient (Wildman–Crippen LogP) is 2.40. The van der Waals surface area contributed by atoms with E-state index in [1.165, 1.54) is 4.90 Å². The molecule has 22 heavy (non-hydrogen) atoms. The van der Waals surface area contributed by atoms with Gasteiger partial charge in [0.2, 0.25) is 0 Å². The van der Waals surface area contributed by atoms with Gasteiger partial charge < -0.3 is 14.8 Å². The average molecular weight is 304 g/mol. The van der Waals surface area contributed by atoms with Crippen LogP contribution in [0, 0.1) is 0 Å². The fraction of sp³-hybridized carbons (Fsp3) is 0.375. The highest BCUT2D eigenvalue weighted by Gasteiger charge is 2.32. The van der Waals surface area contributed by atoms with Crippen molar-refractivity contribution in [1.29, 1.82) is 0 Å². The molecule has 0 radical (unpaired) electrons. The summed E-state index contributed by atoms with van der Waals surface area (Å²) in [5.74, 6) is 0.917. The van der Waals surface area contributed by atoms with Crippen molar-refractivity contribution >= 4 is 18.0 Å². The Kier molecular flexibility index (Phi) is 5.04. The molecule has 1 fully saturated rings. The maximum Gasteiger partial charge on any atom is 0.329 e. The molecule has 0 saturated carbocycles. The summed E-state index contributed by atoms with van der Waals surface area (Å²) in [6.07, 6.45) is 2.36. The molecule has 1 heterocycles. The second-order valence-corrected chi connectivity index (χ2v) is 4.79. The van der Waals surface area contributed by atoms with Crippen LogP contribution in [0.4, 0.5) is 4.79 Å². The Morgan fingerprint density at radius 3 is 2.64 bits per heavy atom. The quantitative estimate of drug-likeness (QED) is 0.647. The van der Waals surface area contributed by atoms with Gasteiger partial charge in [-0.05, 0) is 37.1 Å². The lowest BCUT2D eigenvalue weighted by molar-refractivity contribution is -0.122. The summed E-state index contributed by atoms with van der Waals surface area (Å²) in [5.41, 5.74) is 1.03. The molecule has 3 amide bonds. The highest BCUT2D eigenvalue weighted by molar-refractivity contribution is 6.13. The molecule has 0 aromatic heterocycles. The SMILES string of the molecule is CCCN1C(=O)N/C(=C/c2ccc(OC)c(OCC)c2)C1=O. The number of carbonyl (C=O) groups is 2. The van der Waals surface area contributed by atoms with Crippen LogP contribution in [0.25, 0.3) is 6.08 Å². The Hall–Kier alpha value is -2.50. The van der Waals surface area contributed by atoms with E-state index in [0.29, 0.717) is 24.7 Å². The molecule has 0 bridgehead atoms. The van der Waals surface area contributed by atoms with E-state index in [0.717, 1.165) is 12.0 Å². The molecule has 0 aliphatic carbocycles. The summed E-state index contributed by atoms with van der Waals surface area (Å²) in [6, 6.07) is 4.97. The highest BCUT2D eigenvalue weighted by atomic mass is 16.5. The van der Waals surface area contributed by atoms with Crippen molar-refractivity contribution in [2.24, 2.45) is 0 Å². The lowest BCUT2D eigenvalue weighted by Crippen LogP contribution is -2.31. The number of benzene rings is 1. The van der Waals surface area contributed by atoms with E-state index in [2.05, 4.69) is 5.32 Å². The number of urea groups is 1. The highest BCUT2D eigenvalue weighted by Crippen LogP contribution is 2.29. The first-order valence-electron chi connectivity index (χ1n) is 7.26. The lowest BCUT2D eigenvalue weighted by Gasteiger charge is -2.10. The number of methoxy groups -OCH3 is 1. The van der Waals surface area contributed by atoms with Crippen molar-refractivity contribution in [1.82, 2.24) is 10.2 Å². The molecule has 118 valence electrons. The monoisotopic (exact) mass is 304 g/mol. The smallest absolute Gasteiger partial charge is 0.329 e. The Morgan fingerprint density at radius 1 is 1.23 bits per heavy atom. The zero-order valence-electron chi connectivity index (χ0n) is 13.0. The fourth-order valence-corrected chi connectivity index (χ4v) is 2.22. The number of amides is 3. The van der Waals surface area contributed by atoms with Gasteiger partial charge in [-0.1, -0.05) is 13.0 Å². The van der Waals surface area contributed by atoms with Gasteiger partial charge in [0.05, 0.1) is 13.7 Å². The Labute approximate surface area is 129 Å². The van der Waals surface area contributed by atoms with Gasteiger partial charge in [-0.15, -0.1) is 0 Å². The molecular formula is C16H20N2O4. The van der Waals surface area contributed by atoms with Gasteiger partial charge in [-0.25, -0.2) is 4.79 Å². The molecule has 1 aliphatic heterocycles. The van der Waals surface area contributed by atoms with Crippen LogP contribution in [0.3, 0.4) is 0 Å². The third-order valence-corrected chi connectivity index (χ3v) is 3.21. The zero-order chi connectivity index (χ0) is 16.1. The minimum atomic E-state index is -0.378. The van der Waals surface area contributed by atoms with E-state index in [1.54, 1.807) is 31.4 Å². The normalized spacial score (nSPS) is 16.1. The van der Waals surface area contributed by atoms with Crippen LogP contribution in [-0.2, 0) is 4.79 Å². The van der Waals surface area contributed by atoms with E-state index in [1.807, 2.05) is 13.8 Å². The standard InChI is InChI=1S/C16H20N2O4/c1-4-8-18-15(19)12(17-16(18)20)9-11-6-7-13(21-3)14(10-11)22-5-2/h6-7,9-10H,4-5,8H2,1-3H3,(H,17,20)/b12-9+. The van der Waals surface area contributed by atoms with Crippen molar-refractivity contribution < 1.29 is 19.1 Å². The van der Waals surface area contributed by atoms with Crippen LogP contribution in [0.1, 0.15) is 25.8 Å². The summed E-state index contributed by atoms with van der Waals surface area (Å²) < 4.78 is 10.7. The van der Waals surface area contributed by atoms with Gasteiger partial charge in [-0.2, -0.15) is 0 Å². The van der Waals surface area contributed by atoms with E-state index in [4.69, 9.17) is 9.47 Å². The molecule has 1 aromatic rings. The molecular weight excluding hydrogens is 284 g/mol. The lowest BCUT2D eigenvalue weighted by atomic mass is 10.1. The molecule has 0 atom stereocenters. The van der Waals surface area contributed by atoms with E-state index >= 15 is 0 Å². The largest absolute Gasteiger partial charge is 0.493 e. The molecule has 0 unspecified atom stereocenters. The first kappa shape index (κ1) is 15.9. The summed E-state index contributed by atoms with van der Waals surface area (Å²) in [4.78, 5) is 25.1. The molecule has 1 saturated heterocycles. The van der Waals surface area contributed by atoms with Crippen molar-refractivity contribution in [3.8, 4) is 11.5 Å². The Balaban J connectivity index is 2.28. The van der Waals surface area contributed by atoms with Crippen LogP contribution < -0.4 is 14.8 Å². The average Bonchev–Trinajstić information content (AvgIpc) is 2.76. The Morgan fingerprint density at radius 2 is 2.00 bits per heavy atom. The summed E-state index contributed by atoms with van der Waals surface area (Å²) in [6.45, 7) is 4.72. The van der Waals surface area contributed by atoms with Gasteiger partial charge in [0.15, 0.2) is 11.5 Å². The number of imide groups is 1. The van der Waals surface area contributed by atoms with E-state index < -0.39 is 0 Å². The van der Waals surface area contributed by atoms with Crippen molar-refractivity contribution in [2.45, 2.75) is 20.3 Å². The van der Waals surface area contributed by atoms with Crippen LogP contribution in [0.5, 0.6) is 11.5 Å². The maximum atomic E-state index is 12.2. The molecule has 1 aliphatic rings. The molecule has 0 spiro atoms. The molecule has 1 aromatic carbocycles. The second-order valence-electron chi connectivity index (χ2n) is 4.79. The van der Waals surface area contributed by atoms with Crippen LogP contribution in [0.2, 0.25) is 0 Å². The van der Waals surface area contributed by atoms with Crippen LogP contribution >= 0.6 is 0 Å². The van der Waals surface area contributed by atoms with E-state index in [9.17, 15) is 9.59 Å². The minimum absolute atomic E-state index is 0.270. The zero-order valence-corrected chi connectivity index (χ0v) is 13.0. The summed E-state index contributed by atoms with van der Waals surface area (Å²) in [5, 5.41) is 2.59. The third kappa shape index (κ3) is 3.21. The molecule has 1 N–H and O–H groups in total. The van der Waals surface area contributed by atoms with Gasteiger partial charge >= 0.3 is 6.03 Å². The van der Waals surface area contributed by atoms with Gasteiger partial charge in [0, 0.05) is 6.54 Å². The number of rotatable bonds is 6. The van der Waals surface area contributed by atoms with Crippen molar-refractivity contribution in [2.75, 3.05) is 20.3 Å². The summed E-state index contributed by atoms with van der Waals surface area (Å²) >= 11 is 0. The van der Waals surface area contributed by atoms with E-state index in [-0.39, 0.29) is 17.6 Å². The fourth-order valence-electron chi connectivity index (χ4n) is 2.22. The topological polar surface area (TPSA) is 67.9 Å². The second kappa shape index (κ2) is 6.98. The van der Waals surface area contributed by atoms with Crippen LogP contribution in [-0.4, -0.2) is 37.1 Å². The predicted molar refractivity (Wildman–Crippen MR) is 82.7 cm³/mol. The Bertz CT molecular complexity index is 610. The number of carbonyl (C=O) groups excluding carboxylic acids is 2.